The first-order valence-electron chi connectivity index (χ1n) is 7.79. The van der Waals surface area contributed by atoms with Crippen molar-refractivity contribution in [3.63, 3.8) is 0 Å². The highest BCUT2D eigenvalue weighted by Gasteiger charge is 2.21. The number of nitrogens with one attached hydrogen (secondary N) is 1. The first kappa shape index (κ1) is 15.8. The van der Waals surface area contributed by atoms with Crippen LogP contribution in [0.5, 0.6) is 0 Å². The van der Waals surface area contributed by atoms with Crippen LogP contribution in [0.1, 0.15) is 38.2 Å². The molecule has 2 heterocycles. The van der Waals surface area contributed by atoms with E-state index in [9.17, 15) is 4.79 Å². The van der Waals surface area contributed by atoms with Crippen molar-refractivity contribution in [3.8, 4) is 0 Å². The van der Waals surface area contributed by atoms with Crippen LogP contribution in [0.25, 0.3) is 0 Å². The Kier molecular flexibility index (Phi) is 5.99. The molecule has 5 nitrogen and oxygen atoms in total. The van der Waals surface area contributed by atoms with Crippen LogP contribution in [0.2, 0.25) is 0 Å². The molecule has 1 aliphatic rings. The van der Waals surface area contributed by atoms with Gasteiger partial charge in [0.05, 0.1) is 6.10 Å². The molecule has 1 saturated heterocycles. The average molecular weight is 291 g/mol. The van der Waals surface area contributed by atoms with Crippen LogP contribution >= 0.6 is 0 Å². The van der Waals surface area contributed by atoms with E-state index in [-0.39, 0.29) is 12.1 Å². The average Bonchev–Trinajstić information content (AvgIpc) is 2.50. The van der Waals surface area contributed by atoms with Gasteiger partial charge in [0.1, 0.15) is 5.82 Å². The van der Waals surface area contributed by atoms with E-state index in [1.807, 2.05) is 24.0 Å². The first-order chi connectivity index (χ1) is 10.2. The van der Waals surface area contributed by atoms with Gasteiger partial charge < -0.3 is 9.64 Å². The minimum atomic E-state index is -0.0950. The predicted octanol–water partition coefficient (Wildman–Crippen LogP) is 3.20. The highest BCUT2D eigenvalue weighted by atomic mass is 16.5. The number of amides is 2. The Morgan fingerprint density at radius 1 is 1.48 bits per heavy atom. The zero-order valence-electron chi connectivity index (χ0n) is 13.0. The summed E-state index contributed by atoms with van der Waals surface area (Å²) >= 11 is 0. The molecular formula is C16H25N3O2. The summed E-state index contributed by atoms with van der Waals surface area (Å²) in [6.45, 7) is 6.25. The topological polar surface area (TPSA) is 54.5 Å². The van der Waals surface area contributed by atoms with Gasteiger partial charge in [-0.15, -0.1) is 0 Å². The molecule has 0 radical (unpaired) electrons. The molecule has 2 rings (SSSR count). The summed E-state index contributed by atoms with van der Waals surface area (Å²) in [6.07, 6.45) is 6.21. The molecule has 116 valence electrons. The van der Waals surface area contributed by atoms with Gasteiger partial charge in [-0.3, -0.25) is 5.32 Å². The number of aryl methyl sites for hydroxylation is 1. The summed E-state index contributed by atoms with van der Waals surface area (Å²) in [7, 11) is 0. The van der Waals surface area contributed by atoms with Gasteiger partial charge in [0.15, 0.2) is 0 Å². The number of ether oxygens (including phenoxy) is 1. The lowest BCUT2D eigenvalue weighted by atomic mass is 10.1. The van der Waals surface area contributed by atoms with E-state index >= 15 is 0 Å². The van der Waals surface area contributed by atoms with E-state index in [1.165, 1.54) is 6.42 Å². The number of nitrogens with zero attached hydrogens (tertiary/aromatic N) is 2. The number of rotatable bonds is 5. The molecule has 0 bridgehead atoms. The van der Waals surface area contributed by atoms with Gasteiger partial charge >= 0.3 is 6.03 Å². The molecule has 5 heteroatoms. The number of aromatic nitrogens is 1. The quantitative estimate of drug-likeness (QED) is 0.906. The molecule has 1 N–H and O–H groups in total. The molecular weight excluding hydrogens is 266 g/mol. The summed E-state index contributed by atoms with van der Waals surface area (Å²) in [5.74, 6) is 0.594. The lowest BCUT2D eigenvalue weighted by molar-refractivity contribution is 0.00161. The van der Waals surface area contributed by atoms with Crippen LogP contribution in [0.3, 0.4) is 0 Å². The van der Waals surface area contributed by atoms with E-state index in [0.717, 1.165) is 38.0 Å². The molecule has 1 aromatic heterocycles. The number of urea groups is 1. The summed E-state index contributed by atoms with van der Waals surface area (Å²) in [5.41, 5.74) is 1.08. The summed E-state index contributed by atoms with van der Waals surface area (Å²) in [4.78, 5) is 18.4. The molecule has 0 saturated carbocycles. The molecule has 1 atom stereocenters. The largest absolute Gasteiger partial charge is 0.376 e. The van der Waals surface area contributed by atoms with E-state index in [4.69, 9.17) is 4.74 Å². The molecule has 0 spiro atoms. The molecule has 21 heavy (non-hydrogen) atoms. The standard InChI is InChI=1S/C16H25N3O2/c1-3-9-19(12-14-6-4-5-10-21-14)16(20)18-15-8-7-13(2)11-17-15/h7-8,11,14H,3-6,9-10,12H2,1-2H3,(H,17,18,20)/t14-/m1/s1. The normalized spacial score (nSPS) is 18.3. The summed E-state index contributed by atoms with van der Waals surface area (Å²) < 4.78 is 5.73. The zero-order valence-corrected chi connectivity index (χ0v) is 13.0. The number of anilines is 1. The van der Waals surface area contributed by atoms with E-state index in [0.29, 0.717) is 12.4 Å². The van der Waals surface area contributed by atoms with Crippen molar-refractivity contribution in [2.24, 2.45) is 0 Å². The first-order valence-corrected chi connectivity index (χ1v) is 7.79. The smallest absolute Gasteiger partial charge is 0.323 e. The van der Waals surface area contributed by atoms with Crippen molar-refractivity contribution in [1.82, 2.24) is 9.88 Å². The Hall–Kier alpha value is -1.62. The van der Waals surface area contributed by atoms with E-state index in [2.05, 4.69) is 17.2 Å². The van der Waals surface area contributed by atoms with Gasteiger partial charge in [0.2, 0.25) is 0 Å². The number of pyridine rings is 1. The minimum Gasteiger partial charge on any atom is -0.376 e. The number of hydrogen-bond donors (Lipinski definition) is 1. The molecule has 2 amide bonds. The molecule has 1 aliphatic heterocycles. The van der Waals surface area contributed by atoms with Gasteiger partial charge in [0, 0.05) is 25.9 Å². The second kappa shape index (κ2) is 7.98. The Morgan fingerprint density at radius 2 is 2.33 bits per heavy atom. The van der Waals surface area contributed by atoms with Crippen LogP contribution in [-0.4, -0.2) is 41.7 Å². The van der Waals surface area contributed by atoms with Crippen LogP contribution in [0.15, 0.2) is 18.3 Å². The zero-order chi connectivity index (χ0) is 15.1. The third-order valence-electron chi connectivity index (χ3n) is 3.63. The van der Waals surface area contributed by atoms with Crippen LogP contribution in [0, 0.1) is 6.92 Å². The molecule has 0 aromatic carbocycles. The fourth-order valence-electron chi connectivity index (χ4n) is 2.47. The second-order valence-electron chi connectivity index (χ2n) is 5.59. The van der Waals surface area contributed by atoms with Gasteiger partial charge in [-0.2, -0.15) is 0 Å². The predicted molar refractivity (Wildman–Crippen MR) is 83.4 cm³/mol. The van der Waals surface area contributed by atoms with Crippen LogP contribution < -0.4 is 5.32 Å². The minimum absolute atomic E-state index is 0.0950. The van der Waals surface area contributed by atoms with E-state index < -0.39 is 0 Å². The maximum absolute atomic E-state index is 12.4. The Bertz CT molecular complexity index is 441. The fourth-order valence-corrected chi connectivity index (χ4v) is 2.47. The van der Waals surface area contributed by atoms with Crippen molar-refractivity contribution in [2.75, 3.05) is 25.0 Å². The Morgan fingerprint density at radius 3 is 2.95 bits per heavy atom. The summed E-state index contributed by atoms with van der Waals surface area (Å²) in [6, 6.07) is 3.67. The van der Waals surface area contributed by atoms with Crippen molar-refractivity contribution < 1.29 is 9.53 Å². The SMILES string of the molecule is CCCN(C[C@H]1CCCCO1)C(=O)Nc1ccc(C)cn1. The number of carbonyl (C=O) groups excluding carboxylic acids is 1. The lowest BCUT2D eigenvalue weighted by Crippen LogP contribution is -2.42. The van der Waals surface area contributed by atoms with Crippen molar-refractivity contribution in [3.05, 3.63) is 23.9 Å². The monoisotopic (exact) mass is 291 g/mol. The molecule has 1 aromatic rings. The fraction of sp³-hybridized carbons (Fsp3) is 0.625. The summed E-state index contributed by atoms with van der Waals surface area (Å²) in [5, 5.41) is 2.86. The van der Waals surface area contributed by atoms with Crippen LogP contribution in [-0.2, 0) is 4.74 Å². The van der Waals surface area contributed by atoms with Gasteiger partial charge in [-0.25, -0.2) is 9.78 Å². The molecule has 0 aliphatic carbocycles. The highest BCUT2D eigenvalue weighted by molar-refractivity contribution is 5.88. The Labute approximate surface area is 126 Å². The van der Waals surface area contributed by atoms with Crippen LogP contribution in [0.4, 0.5) is 10.6 Å². The number of hydrogen-bond acceptors (Lipinski definition) is 3. The van der Waals surface area contributed by atoms with Gasteiger partial charge in [-0.05, 0) is 44.2 Å². The Balaban J connectivity index is 1.92. The van der Waals surface area contributed by atoms with Crippen molar-refractivity contribution in [1.29, 1.82) is 0 Å². The second-order valence-corrected chi connectivity index (χ2v) is 5.59. The molecule has 1 fully saturated rings. The highest BCUT2D eigenvalue weighted by Crippen LogP contribution is 2.15. The maximum atomic E-state index is 12.4. The molecule has 0 unspecified atom stereocenters. The van der Waals surface area contributed by atoms with E-state index in [1.54, 1.807) is 6.20 Å². The maximum Gasteiger partial charge on any atom is 0.323 e. The lowest BCUT2D eigenvalue weighted by Gasteiger charge is -2.29. The van der Waals surface area contributed by atoms with Crippen molar-refractivity contribution in [2.45, 2.75) is 45.6 Å². The van der Waals surface area contributed by atoms with Gasteiger partial charge in [-0.1, -0.05) is 13.0 Å². The number of carbonyl (C=O) groups is 1. The van der Waals surface area contributed by atoms with Crippen molar-refractivity contribution >= 4 is 11.8 Å². The third kappa shape index (κ3) is 5.01. The third-order valence-corrected chi connectivity index (χ3v) is 3.63. The van der Waals surface area contributed by atoms with Gasteiger partial charge in [0.25, 0.3) is 0 Å².